The van der Waals surface area contributed by atoms with Gasteiger partial charge in [0.05, 0.1) is 0 Å². The molecule has 0 aliphatic rings. The van der Waals surface area contributed by atoms with E-state index in [1.807, 2.05) is 0 Å². The Morgan fingerprint density at radius 3 is 2.64 bits per heavy atom. The SMILES string of the molecule is FC(F)(F)c1ccc2c(S)c[nH]c2n1. The van der Waals surface area contributed by atoms with Crippen molar-refractivity contribution in [3.05, 3.63) is 24.0 Å². The van der Waals surface area contributed by atoms with Crippen LogP contribution in [0.3, 0.4) is 0 Å². The van der Waals surface area contributed by atoms with E-state index in [1.165, 1.54) is 12.3 Å². The van der Waals surface area contributed by atoms with Crippen LogP contribution in [-0.4, -0.2) is 9.97 Å². The molecule has 0 unspecified atom stereocenters. The van der Waals surface area contributed by atoms with E-state index in [0.717, 1.165) is 6.07 Å². The first-order valence-electron chi connectivity index (χ1n) is 3.73. The zero-order chi connectivity index (χ0) is 10.3. The molecule has 0 radical (unpaired) electrons. The normalized spacial score (nSPS) is 12.3. The van der Waals surface area contributed by atoms with E-state index in [9.17, 15) is 13.2 Å². The molecular formula is C8H5F3N2S. The maximum Gasteiger partial charge on any atom is 0.433 e. The average molecular weight is 218 g/mol. The number of pyridine rings is 1. The van der Waals surface area contributed by atoms with E-state index in [0.29, 0.717) is 10.3 Å². The molecule has 1 N–H and O–H groups in total. The van der Waals surface area contributed by atoms with Crippen molar-refractivity contribution >= 4 is 23.7 Å². The fourth-order valence-corrected chi connectivity index (χ4v) is 1.39. The minimum Gasteiger partial charge on any atom is -0.345 e. The van der Waals surface area contributed by atoms with Crippen LogP contribution in [0.4, 0.5) is 13.2 Å². The van der Waals surface area contributed by atoms with E-state index in [1.54, 1.807) is 0 Å². The monoisotopic (exact) mass is 218 g/mol. The third kappa shape index (κ3) is 1.45. The van der Waals surface area contributed by atoms with Gasteiger partial charge in [0, 0.05) is 16.5 Å². The van der Waals surface area contributed by atoms with E-state index in [4.69, 9.17) is 0 Å². The van der Waals surface area contributed by atoms with Gasteiger partial charge >= 0.3 is 6.18 Å². The number of rotatable bonds is 0. The Hall–Kier alpha value is -1.17. The van der Waals surface area contributed by atoms with Crippen molar-refractivity contribution in [2.45, 2.75) is 11.1 Å². The molecule has 0 amide bonds. The van der Waals surface area contributed by atoms with Crippen molar-refractivity contribution in [1.82, 2.24) is 9.97 Å². The second kappa shape index (κ2) is 2.91. The van der Waals surface area contributed by atoms with Gasteiger partial charge in [0.25, 0.3) is 0 Å². The highest BCUT2D eigenvalue weighted by Crippen LogP contribution is 2.29. The van der Waals surface area contributed by atoms with Gasteiger partial charge in [0.1, 0.15) is 11.3 Å². The van der Waals surface area contributed by atoms with Gasteiger partial charge in [0.15, 0.2) is 0 Å². The number of halogens is 3. The van der Waals surface area contributed by atoms with Crippen LogP contribution < -0.4 is 0 Å². The molecule has 0 aliphatic heterocycles. The number of H-pyrrole nitrogens is 1. The third-order valence-corrected chi connectivity index (χ3v) is 2.18. The Balaban J connectivity index is 2.63. The lowest BCUT2D eigenvalue weighted by molar-refractivity contribution is -0.141. The molecule has 2 nitrogen and oxygen atoms in total. The molecule has 2 aromatic rings. The Bertz CT molecular complexity index is 475. The number of hydrogen-bond donors (Lipinski definition) is 2. The number of alkyl halides is 3. The summed E-state index contributed by atoms with van der Waals surface area (Å²) in [6.07, 6.45) is -2.91. The summed E-state index contributed by atoms with van der Waals surface area (Å²) < 4.78 is 36.7. The molecule has 0 aliphatic carbocycles. The van der Waals surface area contributed by atoms with Crippen molar-refractivity contribution in [2.24, 2.45) is 0 Å². The molecule has 14 heavy (non-hydrogen) atoms. The number of hydrogen-bond acceptors (Lipinski definition) is 2. The first kappa shape index (κ1) is 9.39. The van der Waals surface area contributed by atoms with Crippen LogP contribution >= 0.6 is 12.6 Å². The van der Waals surface area contributed by atoms with Crippen LogP contribution in [0.5, 0.6) is 0 Å². The van der Waals surface area contributed by atoms with Gasteiger partial charge in [-0.05, 0) is 12.1 Å². The van der Waals surface area contributed by atoms with Crippen molar-refractivity contribution in [1.29, 1.82) is 0 Å². The molecule has 0 aromatic carbocycles. The van der Waals surface area contributed by atoms with Crippen molar-refractivity contribution in [2.75, 3.05) is 0 Å². The summed E-state index contributed by atoms with van der Waals surface area (Å²) in [5.41, 5.74) is -0.704. The molecule has 74 valence electrons. The van der Waals surface area contributed by atoms with Crippen molar-refractivity contribution in [3.63, 3.8) is 0 Å². The highest BCUT2D eigenvalue weighted by Gasteiger charge is 2.32. The van der Waals surface area contributed by atoms with Gasteiger partial charge < -0.3 is 4.98 Å². The van der Waals surface area contributed by atoms with E-state index in [2.05, 4.69) is 22.6 Å². The van der Waals surface area contributed by atoms with Crippen molar-refractivity contribution < 1.29 is 13.2 Å². The highest BCUT2D eigenvalue weighted by atomic mass is 32.1. The standard InChI is InChI=1S/C8H5F3N2S/c9-8(10,11)6-2-1-4-5(14)3-12-7(4)13-6/h1-3,14H,(H,12,13). The van der Waals surface area contributed by atoms with E-state index in [-0.39, 0.29) is 5.65 Å². The number of nitrogens with one attached hydrogen (secondary N) is 1. The fraction of sp³-hybridized carbons (Fsp3) is 0.125. The van der Waals surface area contributed by atoms with Crippen LogP contribution in [-0.2, 0) is 6.18 Å². The first-order valence-corrected chi connectivity index (χ1v) is 4.17. The molecule has 6 heteroatoms. The van der Waals surface area contributed by atoms with Crippen LogP contribution in [0.2, 0.25) is 0 Å². The Morgan fingerprint density at radius 1 is 1.29 bits per heavy atom. The Labute approximate surface area is 82.6 Å². The minimum absolute atomic E-state index is 0.199. The maximum atomic E-state index is 12.2. The molecule has 0 atom stereocenters. The van der Waals surface area contributed by atoms with Crippen LogP contribution in [0, 0.1) is 0 Å². The van der Waals surface area contributed by atoms with Gasteiger partial charge in [-0.1, -0.05) is 0 Å². The second-order valence-corrected chi connectivity index (χ2v) is 3.25. The summed E-state index contributed by atoms with van der Waals surface area (Å²) in [6.45, 7) is 0. The molecule has 0 spiro atoms. The predicted molar refractivity (Wildman–Crippen MR) is 48.3 cm³/mol. The van der Waals surface area contributed by atoms with E-state index < -0.39 is 11.9 Å². The van der Waals surface area contributed by atoms with Crippen LogP contribution in [0.15, 0.2) is 23.2 Å². The summed E-state index contributed by atoms with van der Waals surface area (Å²) in [5.74, 6) is 0. The van der Waals surface area contributed by atoms with E-state index >= 15 is 0 Å². The Kier molecular flexibility index (Phi) is 1.95. The van der Waals surface area contributed by atoms with Crippen molar-refractivity contribution in [3.8, 4) is 0 Å². The minimum atomic E-state index is -4.41. The summed E-state index contributed by atoms with van der Waals surface area (Å²) >= 11 is 4.06. The third-order valence-electron chi connectivity index (χ3n) is 1.81. The molecule has 0 saturated carbocycles. The average Bonchev–Trinajstić information content (AvgIpc) is 2.46. The summed E-state index contributed by atoms with van der Waals surface area (Å²) in [4.78, 5) is 6.64. The summed E-state index contributed by atoms with van der Waals surface area (Å²) in [6, 6.07) is 2.29. The lowest BCUT2D eigenvalue weighted by Gasteiger charge is -2.04. The number of aromatic nitrogens is 2. The number of aromatic amines is 1. The zero-order valence-corrected chi connectivity index (χ0v) is 7.65. The predicted octanol–water partition coefficient (Wildman–Crippen LogP) is 2.87. The zero-order valence-electron chi connectivity index (χ0n) is 6.76. The van der Waals surface area contributed by atoms with Gasteiger partial charge in [-0.25, -0.2) is 4.98 Å². The summed E-state index contributed by atoms with van der Waals surface area (Å²) in [7, 11) is 0. The maximum absolute atomic E-state index is 12.2. The van der Waals surface area contributed by atoms with Gasteiger partial charge in [-0.3, -0.25) is 0 Å². The van der Waals surface area contributed by atoms with Crippen LogP contribution in [0.25, 0.3) is 11.0 Å². The number of fused-ring (bicyclic) bond motifs is 1. The quantitative estimate of drug-likeness (QED) is 0.654. The lowest BCUT2D eigenvalue weighted by Crippen LogP contribution is -2.07. The summed E-state index contributed by atoms with van der Waals surface area (Å²) in [5, 5.41) is 0.585. The fourth-order valence-electron chi connectivity index (χ4n) is 1.15. The second-order valence-electron chi connectivity index (χ2n) is 2.76. The molecule has 2 aromatic heterocycles. The molecule has 0 bridgehead atoms. The van der Waals surface area contributed by atoms with Crippen LogP contribution in [0.1, 0.15) is 5.69 Å². The molecular weight excluding hydrogens is 213 g/mol. The first-order chi connectivity index (χ1) is 6.48. The van der Waals surface area contributed by atoms with Gasteiger partial charge in [0.2, 0.25) is 0 Å². The molecule has 2 heterocycles. The smallest absolute Gasteiger partial charge is 0.345 e. The molecule has 0 fully saturated rings. The largest absolute Gasteiger partial charge is 0.433 e. The molecule has 0 saturated heterocycles. The Morgan fingerprint density at radius 2 is 2.00 bits per heavy atom. The highest BCUT2D eigenvalue weighted by molar-refractivity contribution is 7.80. The van der Waals surface area contributed by atoms with Gasteiger partial charge in [-0.2, -0.15) is 13.2 Å². The molecule has 2 rings (SSSR count). The number of thiol groups is 1. The van der Waals surface area contributed by atoms with Gasteiger partial charge in [-0.15, -0.1) is 12.6 Å². The number of nitrogens with zero attached hydrogens (tertiary/aromatic N) is 1. The topological polar surface area (TPSA) is 28.7 Å². The lowest BCUT2D eigenvalue weighted by atomic mass is 10.3.